The third-order valence-corrected chi connectivity index (χ3v) is 3.26. The maximum atomic E-state index is 9.24. The molecule has 0 radical (unpaired) electrons. The molecule has 0 spiro atoms. The molecule has 0 N–H and O–H groups in total. The zero-order valence-electron chi connectivity index (χ0n) is 10.1. The second-order valence-corrected chi connectivity index (χ2v) is 4.41. The molecule has 0 saturated carbocycles. The second-order valence-electron chi connectivity index (χ2n) is 4.41. The van der Waals surface area contributed by atoms with Crippen molar-refractivity contribution in [3.8, 4) is 6.07 Å². The van der Waals surface area contributed by atoms with Crippen molar-refractivity contribution in [3.63, 3.8) is 0 Å². The molecule has 2 nitrogen and oxygen atoms in total. The van der Waals surface area contributed by atoms with E-state index in [1.54, 1.807) is 0 Å². The summed E-state index contributed by atoms with van der Waals surface area (Å²) in [6.07, 6.45) is 0. The van der Waals surface area contributed by atoms with Crippen LogP contribution in [-0.4, -0.2) is 4.98 Å². The van der Waals surface area contributed by atoms with E-state index < -0.39 is 0 Å². The van der Waals surface area contributed by atoms with Gasteiger partial charge in [-0.25, -0.2) is 4.98 Å². The van der Waals surface area contributed by atoms with Gasteiger partial charge in [-0.1, -0.05) is 36.4 Å². The highest BCUT2D eigenvalue weighted by Gasteiger charge is 2.13. The number of para-hydroxylation sites is 2. The molecule has 2 heteroatoms. The van der Waals surface area contributed by atoms with Gasteiger partial charge in [-0.3, -0.25) is 0 Å². The predicted octanol–water partition coefficient (Wildman–Crippen LogP) is 4.02. The van der Waals surface area contributed by atoms with E-state index in [0.29, 0.717) is 0 Å². The lowest BCUT2D eigenvalue weighted by Gasteiger charge is -2.11. The molecule has 3 aromatic rings. The standard InChI is InChI=1S/C16H12N2/c1-11(10-17)16-12-6-2-4-8-14(12)18-15-9-5-3-7-13(15)16/h2-9,11H,1H3. The molecule has 0 aliphatic carbocycles. The van der Waals surface area contributed by atoms with Crippen LogP contribution >= 0.6 is 0 Å². The van der Waals surface area contributed by atoms with Crippen LogP contribution in [0.3, 0.4) is 0 Å². The average molecular weight is 232 g/mol. The number of rotatable bonds is 1. The third kappa shape index (κ3) is 1.53. The summed E-state index contributed by atoms with van der Waals surface area (Å²) in [4.78, 5) is 4.65. The Morgan fingerprint density at radius 2 is 1.44 bits per heavy atom. The third-order valence-electron chi connectivity index (χ3n) is 3.26. The van der Waals surface area contributed by atoms with E-state index in [0.717, 1.165) is 27.4 Å². The minimum atomic E-state index is -0.136. The van der Waals surface area contributed by atoms with Gasteiger partial charge in [0.15, 0.2) is 0 Å². The van der Waals surface area contributed by atoms with Crippen LogP contribution in [0.15, 0.2) is 48.5 Å². The molecule has 1 heterocycles. The van der Waals surface area contributed by atoms with Crippen molar-refractivity contribution in [3.05, 3.63) is 54.1 Å². The summed E-state index contributed by atoms with van der Waals surface area (Å²) in [5.74, 6) is -0.136. The van der Waals surface area contributed by atoms with Crippen molar-refractivity contribution in [2.24, 2.45) is 0 Å². The van der Waals surface area contributed by atoms with Gasteiger partial charge >= 0.3 is 0 Å². The molecule has 1 unspecified atom stereocenters. The van der Waals surface area contributed by atoms with Gasteiger partial charge in [0.25, 0.3) is 0 Å². The lowest BCUT2D eigenvalue weighted by atomic mass is 9.94. The summed E-state index contributed by atoms with van der Waals surface area (Å²) in [5, 5.41) is 11.4. The molecule has 18 heavy (non-hydrogen) atoms. The lowest BCUT2D eigenvalue weighted by molar-refractivity contribution is 1.00. The van der Waals surface area contributed by atoms with Crippen LogP contribution in [0, 0.1) is 11.3 Å². The van der Waals surface area contributed by atoms with Crippen molar-refractivity contribution in [2.75, 3.05) is 0 Å². The monoisotopic (exact) mass is 232 g/mol. The molecule has 1 aromatic heterocycles. The van der Waals surface area contributed by atoms with Crippen LogP contribution in [0.4, 0.5) is 0 Å². The zero-order valence-corrected chi connectivity index (χ0v) is 10.1. The van der Waals surface area contributed by atoms with Crippen molar-refractivity contribution >= 4 is 21.8 Å². The van der Waals surface area contributed by atoms with E-state index in [1.807, 2.05) is 55.5 Å². The number of hydrogen-bond donors (Lipinski definition) is 0. The SMILES string of the molecule is CC(C#N)c1c2ccccc2nc2ccccc12. The van der Waals surface area contributed by atoms with Gasteiger partial charge in [-0.05, 0) is 24.6 Å². The molecule has 0 aliphatic rings. The van der Waals surface area contributed by atoms with Crippen molar-refractivity contribution < 1.29 is 0 Å². The minimum Gasteiger partial charge on any atom is -0.248 e. The van der Waals surface area contributed by atoms with Gasteiger partial charge in [0.1, 0.15) is 0 Å². The van der Waals surface area contributed by atoms with Crippen LogP contribution < -0.4 is 0 Å². The van der Waals surface area contributed by atoms with Gasteiger partial charge in [0.05, 0.1) is 23.0 Å². The smallest absolute Gasteiger partial charge is 0.0712 e. The topological polar surface area (TPSA) is 36.7 Å². The predicted molar refractivity (Wildman–Crippen MR) is 73.3 cm³/mol. The first-order valence-corrected chi connectivity index (χ1v) is 5.98. The normalized spacial score (nSPS) is 12.4. The maximum absolute atomic E-state index is 9.24. The summed E-state index contributed by atoms with van der Waals surface area (Å²) < 4.78 is 0. The highest BCUT2D eigenvalue weighted by molar-refractivity contribution is 5.98. The maximum Gasteiger partial charge on any atom is 0.0712 e. The first-order chi connectivity index (χ1) is 8.81. The Labute approximate surface area is 106 Å². The molecular formula is C16H12N2. The average Bonchev–Trinajstić information content (AvgIpc) is 2.44. The molecule has 2 aromatic carbocycles. The Morgan fingerprint density at radius 1 is 0.944 bits per heavy atom. The fourth-order valence-electron chi connectivity index (χ4n) is 2.40. The molecule has 1 atom stereocenters. The first-order valence-electron chi connectivity index (χ1n) is 5.98. The van der Waals surface area contributed by atoms with Gasteiger partial charge in [0.2, 0.25) is 0 Å². The Hall–Kier alpha value is -2.40. The number of nitrogens with zero attached hydrogens (tertiary/aromatic N) is 2. The number of aromatic nitrogens is 1. The fraction of sp³-hybridized carbons (Fsp3) is 0.125. The molecule has 3 rings (SSSR count). The van der Waals surface area contributed by atoms with Gasteiger partial charge in [-0.15, -0.1) is 0 Å². The number of hydrogen-bond acceptors (Lipinski definition) is 2. The molecular weight excluding hydrogens is 220 g/mol. The number of nitriles is 1. The van der Waals surface area contributed by atoms with E-state index in [9.17, 15) is 5.26 Å². The van der Waals surface area contributed by atoms with Crippen LogP contribution in [-0.2, 0) is 0 Å². The fourth-order valence-corrected chi connectivity index (χ4v) is 2.40. The van der Waals surface area contributed by atoms with E-state index in [1.165, 1.54) is 0 Å². The zero-order chi connectivity index (χ0) is 12.5. The van der Waals surface area contributed by atoms with Crippen LogP contribution in [0.2, 0.25) is 0 Å². The summed E-state index contributed by atoms with van der Waals surface area (Å²) in [7, 11) is 0. The molecule has 86 valence electrons. The molecule has 0 saturated heterocycles. The quantitative estimate of drug-likeness (QED) is 0.594. The van der Waals surface area contributed by atoms with E-state index in [2.05, 4.69) is 11.1 Å². The first kappa shape index (κ1) is 10.7. The van der Waals surface area contributed by atoms with Crippen molar-refractivity contribution in [2.45, 2.75) is 12.8 Å². The number of fused-ring (bicyclic) bond motifs is 2. The molecule has 0 fully saturated rings. The highest BCUT2D eigenvalue weighted by atomic mass is 14.7. The number of benzene rings is 2. The number of pyridine rings is 1. The van der Waals surface area contributed by atoms with Crippen molar-refractivity contribution in [1.82, 2.24) is 4.98 Å². The summed E-state index contributed by atoms with van der Waals surface area (Å²) in [6.45, 7) is 1.94. The van der Waals surface area contributed by atoms with Gasteiger partial charge in [0, 0.05) is 10.8 Å². The summed E-state index contributed by atoms with van der Waals surface area (Å²) >= 11 is 0. The Kier molecular flexibility index (Phi) is 2.46. The Balaban J connectivity index is 2.54. The molecule has 0 amide bonds. The second kappa shape index (κ2) is 4.12. The van der Waals surface area contributed by atoms with Crippen LogP contribution in [0.1, 0.15) is 18.4 Å². The summed E-state index contributed by atoms with van der Waals surface area (Å²) in [5.41, 5.74) is 2.99. The lowest BCUT2D eigenvalue weighted by Crippen LogP contribution is -1.95. The van der Waals surface area contributed by atoms with Crippen LogP contribution in [0.25, 0.3) is 21.8 Å². The van der Waals surface area contributed by atoms with E-state index in [4.69, 9.17) is 0 Å². The largest absolute Gasteiger partial charge is 0.248 e. The Bertz CT molecular complexity index is 715. The van der Waals surface area contributed by atoms with E-state index >= 15 is 0 Å². The van der Waals surface area contributed by atoms with Gasteiger partial charge < -0.3 is 0 Å². The minimum absolute atomic E-state index is 0.136. The van der Waals surface area contributed by atoms with Gasteiger partial charge in [-0.2, -0.15) is 5.26 Å². The van der Waals surface area contributed by atoms with E-state index in [-0.39, 0.29) is 5.92 Å². The Morgan fingerprint density at radius 3 is 1.94 bits per heavy atom. The van der Waals surface area contributed by atoms with Crippen LogP contribution in [0.5, 0.6) is 0 Å². The van der Waals surface area contributed by atoms with Crippen molar-refractivity contribution in [1.29, 1.82) is 5.26 Å². The molecule has 0 bridgehead atoms. The highest BCUT2D eigenvalue weighted by Crippen LogP contribution is 2.31. The summed E-state index contributed by atoms with van der Waals surface area (Å²) in [6, 6.07) is 18.3. The molecule has 0 aliphatic heterocycles.